The van der Waals surface area contributed by atoms with Crippen molar-refractivity contribution in [2.24, 2.45) is 0 Å². The molecule has 3 rings (SSSR count). The van der Waals surface area contributed by atoms with Gasteiger partial charge in [0.05, 0.1) is 0 Å². The van der Waals surface area contributed by atoms with Crippen LogP contribution < -0.4 is 5.32 Å². The molecule has 1 aromatic carbocycles. The highest BCUT2D eigenvalue weighted by Gasteiger charge is 2.07. The Morgan fingerprint density at radius 1 is 1.35 bits per heavy atom. The Morgan fingerprint density at radius 2 is 2.22 bits per heavy atom. The van der Waals surface area contributed by atoms with Crippen molar-refractivity contribution >= 4 is 17.7 Å². The number of anilines is 1. The zero-order chi connectivity index (χ0) is 16.2. The lowest BCUT2D eigenvalue weighted by molar-refractivity contribution is -0.111. The molecule has 0 saturated carbocycles. The maximum Gasteiger partial charge on any atom is 0.248 e. The predicted molar refractivity (Wildman–Crippen MR) is 82.4 cm³/mol. The summed E-state index contributed by atoms with van der Waals surface area (Å²) in [5.74, 6) is 0.437. The maximum atomic E-state index is 14.0. The molecule has 0 saturated heterocycles. The minimum atomic E-state index is -0.515. The Kier molecular flexibility index (Phi) is 4.01. The zero-order valence-corrected chi connectivity index (χ0v) is 12.2. The highest BCUT2D eigenvalue weighted by atomic mass is 19.1. The molecule has 0 spiro atoms. The van der Waals surface area contributed by atoms with Crippen LogP contribution in [0.5, 0.6) is 0 Å². The van der Waals surface area contributed by atoms with Crippen molar-refractivity contribution in [2.45, 2.75) is 6.92 Å². The van der Waals surface area contributed by atoms with Crippen LogP contribution in [0.15, 0.2) is 53.5 Å². The number of nitrogens with zero attached hydrogens (tertiary/aromatic N) is 3. The highest BCUT2D eigenvalue weighted by Crippen LogP contribution is 2.17. The summed E-state index contributed by atoms with van der Waals surface area (Å²) in [6.07, 6.45) is 5.57. The second-order valence-corrected chi connectivity index (χ2v) is 4.78. The smallest absolute Gasteiger partial charge is 0.248 e. The molecule has 0 fully saturated rings. The average Bonchev–Trinajstić information content (AvgIpc) is 3.17. The van der Waals surface area contributed by atoms with Crippen molar-refractivity contribution in [3.63, 3.8) is 0 Å². The number of amides is 1. The van der Waals surface area contributed by atoms with Gasteiger partial charge in [-0.25, -0.2) is 14.1 Å². The zero-order valence-electron chi connectivity index (χ0n) is 12.2. The van der Waals surface area contributed by atoms with Crippen molar-refractivity contribution in [2.75, 3.05) is 5.32 Å². The molecule has 0 unspecified atom stereocenters. The third-order valence-electron chi connectivity index (χ3n) is 3.04. The lowest BCUT2D eigenvalue weighted by Crippen LogP contribution is -2.08. The summed E-state index contributed by atoms with van der Waals surface area (Å²) in [4.78, 5) is 15.6. The van der Waals surface area contributed by atoms with Crippen LogP contribution in [0.1, 0.15) is 11.5 Å². The molecule has 0 aliphatic rings. The van der Waals surface area contributed by atoms with Crippen LogP contribution in [0, 0.1) is 12.7 Å². The third kappa shape index (κ3) is 3.52. The number of carbonyl (C=O) groups is 1. The minimum Gasteiger partial charge on any atom is -0.462 e. The van der Waals surface area contributed by atoms with Gasteiger partial charge < -0.3 is 9.73 Å². The van der Waals surface area contributed by atoms with E-state index in [9.17, 15) is 9.18 Å². The van der Waals surface area contributed by atoms with E-state index in [0.717, 1.165) is 5.76 Å². The molecule has 23 heavy (non-hydrogen) atoms. The van der Waals surface area contributed by atoms with Crippen molar-refractivity contribution in [3.05, 3.63) is 66.4 Å². The fourth-order valence-electron chi connectivity index (χ4n) is 1.99. The summed E-state index contributed by atoms with van der Waals surface area (Å²) in [5.41, 5.74) is 0.596. The van der Waals surface area contributed by atoms with Crippen molar-refractivity contribution in [1.29, 1.82) is 0 Å². The molecule has 0 bridgehead atoms. The van der Waals surface area contributed by atoms with E-state index < -0.39 is 5.82 Å². The molecule has 2 aromatic heterocycles. The summed E-state index contributed by atoms with van der Waals surface area (Å²) < 4.78 is 20.7. The monoisotopic (exact) mass is 312 g/mol. The van der Waals surface area contributed by atoms with Gasteiger partial charge in [-0.05, 0) is 43.3 Å². The summed E-state index contributed by atoms with van der Waals surface area (Å²) >= 11 is 0. The van der Waals surface area contributed by atoms with Gasteiger partial charge in [-0.2, -0.15) is 5.10 Å². The molecule has 116 valence electrons. The molecule has 2 heterocycles. The van der Waals surface area contributed by atoms with Crippen LogP contribution in [0.3, 0.4) is 0 Å². The molecule has 3 aromatic rings. The van der Waals surface area contributed by atoms with Gasteiger partial charge in [0, 0.05) is 11.8 Å². The molecule has 0 radical (unpaired) electrons. The molecule has 0 aliphatic heterocycles. The van der Waals surface area contributed by atoms with E-state index in [1.54, 1.807) is 24.3 Å². The topological polar surface area (TPSA) is 73.0 Å². The van der Waals surface area contributed by atoms with Gasteiger partial charge in [0.1, 0.15) is 29.9 Å². The second kappa shape index (κ2) is 6.27. The summed E-state index contributed by atoms with van der Waals surface area (Å²) in [6, 6.07) is 7.88. The number of aromatic nitrogens is 3. The number of furan rings is 1. The van der Waals surface area contributed by atoms with Crippen LogP contribution >= 0.6 is 0 Å². The quantitative estimate of drug-likeness (QED) is 0.752. The van der Waals surface area contributed by atoms with Gasteiger partial charge in [0.2, 0.25) is 5.91 Å². The maximum absolute atomic E-state index is 14.0. The molecule has 0 aliphatic carbocycles. The van der Waals surface area contributed by atoms with Gasteiger partial charge >= 0.3 is 0 Å². The third-order valence-corrected chi connectivity index (χ3v) is 3.04. The highest BCUT2D eigenvalue weighted by molar-refractivity contribution is 6.01. The molecular formula is C16H13FN4O2. The minimum absolute atomic E-state index is 0.252. The number of halogens is 1. The first kappa shape index (κ1) is 14.7. The van der Waals surface area contributed by atoms with Crippen LogP contribution in [-0.4, -0.2) is 20.7 Å². The van der Waals surface area contributed by atoms with Crippen LogP contribution in [0.25, 0.3) is 11.8 Å². The van der Waals surface area contributed by atoms with E-state index in [2.05, 4.69) is 15.4 Å². The van der Waals surface area contributed by atoms with Gasteiger partial charge in [0.25, 0.3) is 0 Å². The van der Waals surface area contributed by atoms with Crippen molar-refractivity contribution < 1.29 is 13.6 Å². The summed E-state index contributed by atoms with van der Waals surface area (Å²) in [5, 5.41) is 6.44. The number of hydrogen-bond acceptors (Lipinski definition) is 4. The number of benzene rings is 1. The number of carbonyl (C=O) groups excluding carboxylic acids is 1. The molecule has 0 atom stereocenters. The molecule has 1 N–H and O–H groups in total. The normalized spacial score (nSPS) is 11.0. The summed E-state index contributed by atoms with van der Waals surface area (Å²) in [6.45, 7) is 1.82. The Balaban J connectivity index is 1.69. The fourth-order valence-corrected chi connectivity index (χ4v) is 1.99. The van der Waals surface area contributed by atoms with E-state index in [4.69, 9.17) is 4.42 Å². The van der Waals surface area contributed by atoms with E-state index in [0.29, 0.717) is 11.4 Å². The van der Waals surface area contributed by atoms with Gasteiger partial charge in [0.15, 0.2) is 5.82 Å². The first-order valence-electron chi connectivity index (χ1n) is 6.82. The SMILES string of the molecule is Cc1ccc(C=CC(=O)Nc2ccc(-n3cncn3)c(F)c2)o1. The van der Waals surface area contributed by atoms with E-state index >= 15 is 0 Å². The fraction of sp³-hybridized carbons (Fsp3) is 0.0625. The number of hydrogen-bond donors (Lipinski definition) is 1. The van der Waals surface area contributed by atoms with E-state index in [-0.39, 0.29) is 11.6 Å². The number of rotatable bonds is 4. The lowest BCUT2D eigenvalue weighted by Gasteiger charge is -2.06. The first-order valence-corrected chi connectivity index (χ1v) is 6.82. The molecule has 7 heteroatoms. The van der Waals surface area contributed by atoms with Crippen LogP contribution in [0.4, 0.5) is 10.1 Å². The van der Waals surface area contributed by atoms with E-state index in [1.807, 2.05) is 6.92 Å². The Morgan fingerprint density at radius 3 is 2.87 bits per heavy atom. The standard InChI is InChI=1S/C16H13FN4O2/c1-11-2-4-13(23-11)5-7-16(22)20-12-3-6-15(14(17)8-12)21-10-18-9-19-21/h2-10H,1H3,(H,20,22). The van der Waals surface area contributed by atoms with E-state index in [1.165, 1.54) is 35.5 Å². The molecular weight excluding hydrogens is 299 g/mol. The Labute approximate surface area is 131 Å². The first-order chi connectivity index (χ1) is 11.1. The predicted octanol–water partition coefficient (Wildman–Crippen LogP) is 2.96. The summed E-state index contributed by atoms with van der Waals surface area (Å²) in [7, 11) is 0. The number of nitrogens with one attached hydrogen (secondary N) is 1. The largest absolute Gasteiger partial charge is 0.462 e. The van der Waals surface area contributed by atoms with Crippen LogP contribution in [-0.2, 0) is 4.79 Å². The van der Waals surface area contributed by atoms with Crippen molar-refractivity contribution in [1.82, 2.24) is 14.8 Å². The van der Waals surface area contributed by atoms with Crippen LogP contribution in [0.2, 0.25) is 0 Å². The van der Waals surface area contributed by atoms with Gasteiger partial charge in [-0.15, -0.1) is 0 Å². The van der Waals surface area contributed by atoms with Gasteiger partial charge in [-0.1, -0.05) is 0 Å². The van der Waals surface area contributed by atoms with Crippen molar-refractivity contribution in [3.8, 4) is 5.69 Å². The molecule has 1 amide bonds. The Bertz CT molecular complexity index is 853. The number of aryl methyl sites for hydroxylation is 1. The Hall–Kier alpha value is -3.22. The van der Waals surface area contributed by atoms with Gasteiger partial charge in [-0.3, -0.25) is 4.79 Å². The second-order valence-electron chi connectivity index (χ2n) is 4.78. The average molecular weight is 312 g/mol. The lowest BCUT2D eigenvalue weighted by atomic mass is 10.2. The molecule has 6 nitrogen and oxygen atoms in total.